The molecule has 0 radical (unpaired) electrons. The normalized spacial score (nSPS) is 11.4. The lowest BCUT2D eigenvalue weighted by Crippen LogP contribution is -2.12. The molecule has 4 heteroatoms. The number of carbonyl (C=O) groups is 2. The first-order chi connectivity index (χ1) is 12.5. The van der Waals surface area contributed by atoms with Crippen molar-refractivity contribution in [3.8, 4) is 0 Å². The Morgan fingerprint density at radius 2 is 1.27 bits per heavy atom. The maximum Gasteiger partial charge on any atom is 0.306 e. The maximum absolute atomic E-state index is 10.9. The predicted octanol–water partition coefficient (Wildman–Crippen LogP) is 6.76. The molecular weight excluding hydrogens is 328 g/mol. The van der Waals surface area contributed by atoms with Gasteiger partial charge < -0.3 is 9.84 Å². The minimum absolute atomic E-state index is 0.0435. The highest BCUT2D eigenvalue weighted by molar-refractivity contribution is 5.69. The largest absolute Gasteiger partial charge is 0.481 e. The molecule has 0 fully saturated rings. The van der Waals surface area contributed by atoms with E-state index in [-0.39, 0.29) is 11.9 Å². The van der Waals surface area contributed by atoms with Gasteiger partial charge >= 0.3 is 11.9 Å². The Balaban J connectivity index is 0. The Morgan fingerprint density at radius 3 is 1.73 bits per heavy atom. The van der Waals surface area contributed by atoms with E-state index in [9.17, 15) is 9.59 Å². The topological polar surface area (TPSA) is 63.6 Å². The first-order valence-corrected chi connectivity index (χ1v) is 10.9. The van der Waals surface area contributed by atoms with E-state index in [2.05, 4.69) is 13.8 Å². The average molecular weight is 373 g/mol. The fourth-order valence-corrected chi connectivity index (χ4v) is 2.78. The van der Waals surface area contributed by atoms with Crippen molar-refractivity contribution in [3.05, 3.63) is 0 Å². The van der Waals surface area contributed by atoms with Crippen molar-refractivity contribution in [2.45, 2.75) is 118 Å². The minimum Gasteiger partial charge on any atom is -0.481 e. The molecule has 0 saturated carbocycles. The Hall–Kier alpha value is -1.06. The predicted molar refractivity (Wildman–Crippen MR) is 109 cm³/mol. The van der Waals surface area contributed by atoms with Crippen LogP contribution in [0.1, 0.15) is 118 Å². The molecule has 0 aromatic carbocycles. The first-order valence-electron chi connectivity index (χ1n) is 10.9. The van der Waals surface area contributed by atoms with Crippen LogP contribution in [0, 0.1) is 5.92 Å². The highest BCUT2D eigenvalue weighted by atomic mass is 16.5. The molecule has 0 aliphatic heterocycles. The summed E-state index contributed by atoms with van der Waals surface area (Å²) >= 11 is 0. The van der Waals surface area contributed by atoms with Gasteiger partial charge in [0, 0.05) is 6.42 Å². The number of ether oxygens (including phenoxy) is 1. The quantitative estimate of drug-likeness (QED) is 0.240. The zero-order chi connectivity index (χ0) is 20.0. The first kappa shape index (κ1) is 27.2. The lowest BCUT2D eigenvalue weighted by molar-refractivity contribution is -0.143. The summed E-state index contributed by atoms with van der Waals surface area (Å²) in [4.78, 5) is 21.6. The van der Waals surface area contributed by atoms with Crippen molar-refractivity contribution >= 4 is 11.9 Å². The second-order valence-electron chi connectivity index (χ2n) is 6.97. The second kappa shape index (κ2) is 22.0. The van der Waals surface area contributed by atoms with Gasteiger partial charge in [-0.3, -0.25) is 9.59 Å². The number of esters is 1. The summed E-state index contributed by atoms with van der Waals surface area (Å²) in [6, 6.07) is 0. The van der Waals surface area contributed by atoms with E-state index >= 15 is 0 Å². The molecule has 0 aliphatic rings. The molecule has 1 N–H and O–H groups in total. The van der Waals surface area contributed by atoms with Crippen molar-refractivity contribution < 1.29 is 19.4 Å². The molecule has 0 aromatic heterocycles. The fourth-order valence-electron chi connectivity index (χ4n) is 2.78. The van der Waals surface area contributed by atoms with E-state index in [1.54, 1.807) is 0 Å². The number of hydrogen-bond acceptors (Lipinski definition) is 3. The minimum atomic E-state index is -0.627. The molecule has 0 aromatic rings. The summed E-state index contributed by atoms with van der Waals surface area (Å²) in [5.74, 6) is -0.780. The van der Waals surface area contributed by atoms with Gasteiger partial charge in [0.25, 0.3) is 0 Å². The average Bonchev–Trinajstić information content (AvgIpc) is 2.61. The molecule has 4 nitrogen and oxygen atoms in total. The highest BCUT2D eigenvalue weighted by Gasteiger charge is 2.13. The third kappa shape index (κ3) is 21.0. The van der Waals surface area contributed by atoms with Crippen molar-refractivity contribution in [2.75, 3.05) is 6.61 Å². The van der Waals surface area contributed by atoms with Crippen LogP contribution in [-0.4, -0.2) is 23.7 Å². The molecule has 156 valence electrons. The van der Waals surface area contributed by atoms with Crippen molar-refractivity contribution in [2.24, 2.45) is 5.92 Å². The van der Waals surface area contributed by atoms with Crippen molar-refractivity contribution in [1.29, 1.82) is 0 Å². The van der Waals surface area contributed by atoms with Crippen molar-refractivity contribution in [3.63, 3.8) is 0 Å². The lowest BCUT2D eigenvalue weighted by Gasteiger charge is -2.08. The van der Waals surface area contributed by atoms with Gasteiger partial charge in [0.05, 0.1) is 12.5 Å². The molecule has 1 unspecified atom stereocenters. The Morgan fingerprint density at radius 1 is 0.769 bits per heavy atom. The molecule has 0 spiro atoms. The maximum atomic E-state index is 10.9. The number of rotatable bonds is 16. The number of carbonyl (C=O) groups excluding carboxylic acids is 1. The van der Waals surface area contributed by atoms with E-state index in [1.807, 2.05) is 13.8 Å². The lowest BCUT2D eigenvalue weighted by atomic mass is 9.98. The van der Waals surface area contributed by atoms with Gasteiger partial charge in [-0.15, -0.1) is 0 Å². The molecule has 26 heavy (non-hydrogen) atoms. The summed E-state index contributed by atoms with van der Waals surface area (Å²) in [7, 11) is 0. The van der Waals surface area contributed by atoms with Crippen LogP contribution in [-0.2, 0) is 14.3 Å². The summed E-state index contributed by atoms with van der Waals surface area (Å²) in [6.07, 6.45) is 15.6. The van der Waals surface area contributed by atoms with E-state index in [1.165, 1.54) is 57.8 Å². The van der Waals surface area contributed by atoms with Crippen LogP contribution >= 0.6 is 0 Å². The van der Waals surface area contributed by atoms with Gasteiger partial charge in [0.1, 0.15) is 0 Å². The number of hydrogen-bond donors (Lipinski definition) is 1. The van der Waals surface area contributed by atoms with E-state index < -0.39 is 5.97 Å². The number of aliphatic carboxylic acids is 1. The van der Waals surface area contributed by atoms with Gasteiger partial charge in [-0.1, -0.05) is 85.0 Å². The number of unbranched alkanes of at least 4 members (excludes halogenated alkanes) is 9. The zero-order valence-corrected chi connectivity index (χ0v) is 17.9. The van der Waals surface area contributed by atoms with Crippen LogP contribution in [0.3, 0.4) is 0 Å². The highest BCUT2D eigenvalue weighted by Crippen LogP contribution is 2.14. The van der Waals surface area contributed by atoms with E-state index in [0.717, 1.165) is 25.7 Å². The second-order valence-corrected chi connectivity index (χ2v) is 6.97. The van der Waals surface area contributed by atoms with Gasteiger partial charge in [-0.05, 0) is 26.2 Å². The molecule has 1 atom stereocenters. The van der Waals surface area contributed by atoms with Crippen LogP contribution in [0.15, 0.2) is 0 Å². The summed E-state index contributed by atoms with van der Waals surface area (Å²) in [5, 5.41) is 8.78. The third-order valence-corrected chi connectivity index (χ3v) is 4.54. The Bertz CT molecular complexity index is 313. The smallest absolute Gasteiger partial charge is 0.306 e. The molecule has 0 aliphatic carbocycles. The monoisotopic (exact) mass is 372 g/mol. The third-order valence-electron chi connectivity index (χ3n) is 4.54. The van der Waals surface area contributed by atoms with E-state index in [4.69, 9.17) is 9.84 Å². The van der Waals surface area contributed by atoms with Crippen LogP contribution in [0.4, 0.5) is 0 Å². The number of carboxylic acids is 1. The van der Waals surface area contributed by atoms with Crippen LogP contribution in [0.5, 0.6) is 0 Å². The standard InChI is InChI=1S/2C11H22O2/c1-3-5-6-7-8-9-10-11(12)13-4-2;1-3-5-6-7-8-9-10(4-2)11(12)13/h3-10H2,1-2H3;10H,3-9H2,1-2H3,(H,12,13). The summed E-state index contributed by atoms with van der Waals surface area (Å²) in [5.41, 5.74) is 0. The molecule has 0 bridgehead atoms. The molecule has 0 rings (SSSR count). The number of carboxylic acid groups (broad SMARTS) is 1. The fraction of sp³-hybridized carbons (Fsp3) is 0.909. The summed E-state index contributed by atoms with van der Waals surface area (Å²) < 4.78 is 4.83. The Labute approximate surface area is 162 Å². The molecule has 0 heterocycles. The van der Waals surface area contributed by atoms with Crippen molar-refractivity contribution in [1.82, 2.24) is 0 Å². The molecular formula is C22H44O4. The SMILES string of the molecule is CCCCCCCC(CC)C(=O)O.CCCCCCCCC(=O)OCC. The van der Waals surface area contributed by atoms with Gasteiger partial charge in [-0.2, -0.15) is 0 Å². The van der Waals surface area contributed by atoms with Gasteiger partial charge in [0.2, 0.25) is 0 Å². The van der Waals surface area contributed by atoms with Crippen LogP contribution < -0.4 is 0 Å². The summed E-state index contributed by atoms with van der Waals surface area (Å²) in [6.45, 7) is 8.70. The zero-order valence-electron chi connectivity index (χ0n) is 17.9. The van der Waals surface area contributed by atoms with Gasteiger partial charge in [0.15, 0.2) is 0 Å². The molecule has 0 amide bonds. The van der Waals surface area contributed by atoms with E-state index in [0.29, 0.717) is 13.0 Å². The Kier molecular flexibility index (Phi) is 23.0. The van der Waals surface area contributed by atoms with Gasteiger partial charge in [-0.25, -0.2) is 0 Å². The van der Waals surface area contributed by atoms with Crippen LogP contribution in [0.2, 0.25) is 0 Å². The van der Waals surface area contributed by atoms with Crippen LogP contribution in [0.25, 0.3) is 0 Å². The molecule has 0 saturated heterocycles.